The Morgan fingerprint density at radius 1 is 0.826 bits per heavy atom. The van der Waals surface area contributed by atoms with E-state index in [4.69, 9.17) is 0 Å². The number of carbonyl (C=O) groups is 1. The van der Waals surface area contributed by atoms with E-state index >= 15 is 0 Å². The molecule has 3 rings (SSSR count). The van der Waals surface area contributed by atoms with Crippen LogP contribution in [0.15, 0.2) is 24.3 Å². The molecule has 1 aromatic rings. The molecule has 2 fully saturated rings. The van der Waals surface area contributed by atoms with Gasteiger partial charge in [-0.1, -0.05) is 0 Å². The number of hydrogen-bond acceptors (Lipinski definition) is 5. The van der Waals surface area contributed by atoms with E-state index in [9.17, 15) is 4.79 Å². The van der Waals surface area contributed by atoms with Crippen LogP contribution in [-0.4, -0.2) is 93.5 Å². The van der Waals surface area contributed by atoms with Crippen LogP contribution in [0.5, 0.6) is 0 Å². The largest absolute Gasteiger partial charge is 0.369 e. The Balaban J connectivity index is 1.55. The van der Waals surface area contributed by atoms with Crippen molar-refractivity contribution in [2.24, 2.45) is 0 Å². The third-order valence-corrected chi connectivity index (χ3v) is 5.02. The maximum atomic E-state index is 12.4. The second kappa shape index (κ2) is 7.43. The average molecular weight is 316 g/mol. The summed E-state index contributed by atoms with van der Waals surface area (Å²) in [6.07, 6.45) is 0. The molecule has 2 aliphatic rings. The number of hydrogen-bond donors (Lipinski definition) is 0. The second-order valence-corrected chi connectivity index (χ2v) is 6.84. The van der Waals surface area contributed by atoms with Crippen molar-refractivity contribution >= 4 is 11.5 Å². The summed E-state index contributed by atoms with van der Waals surface area (Å²) in [6, 6.07) is 8.18. The molecule has 5 nitrogen and oxygen atoms in total. The van der Waals surface area contributed by atoms with Crippen LogP contribution in [0.4, 0.5) is 5.69 Å². The first-order valence-electron chi connectivity index (χ1n) is 8.59. The molecule has 0 amide bonds. The SMILES string of the molecule is CN1CCN(CC(=O)c2ccc(N3CCN(C)CC3)cc2)CC1. The number of Topliss-reactive ketones (excluding diaryl/α,β-unsaturated/α-hetero) is 1. The van der Waals surface area contributed by atoms with Gasteiger partial charge in [-0.15, -0.1) is 0 Å². The van der Waals surface area contributed by atoms with E-state index in [0.717, 1.165) is 57.9 Å². The molecule has 1 aromatic carbocycles. The van der Waals surface area contributed by atoms with Crippen LogP contribution in [0.3, 0.4) is 0 Å². The van der Waals surface area contributed by atoms with Crippen molar-refractivity contribution in [3.63, 3.8) is 0 Å². The second-order valence-electron chi connectivity index (χ2n) is 6.84. The van der Waals surface area contributed by atoms with Crippen LogP contribution in [0.1, 0.15) is 10.4 Å². The molecule has 0 atom stereocenters. The first-order valence-corrected chi connectivity index (χ1v) is 8.59. The molecule has 2 heterocycles. The number of rotatable bonds is 4. The van der Waals surface area contributed by atoms with Crippen molar-refractivity contribution in [3.8, 4) is 0 Å². The Kier molecular flexibility index (Phi) is 5.30. The lowest BCUT2D eigenvalue weighted by Crippen LogP contribution is -2.46. The smallest absolute Gasteiger partial charge is 0.176 e. The number of carbonyl (C=O) groups excluding carboxylic acids is 1. The molecule has 23 heavy (non-hydrogen) atoms. The Morgan fingerprint density at radius 2 is 1.35 bits per heavy atom. The fourth-order valence-electron chi connectivity index (χ4n) is 3.22. The maximum Gasteiger partial charge on any atom is 0.176 e. The van der Waals surface area contributed by atoms with Gasteiger partial charge in [0.2, 0.25) is 0 Å². The summed E-state index contributed by atoms with van der Waals surface area (Å²) >= 11 is 0. The molecular weight excluding hydrogens is 288 g/mol. The fraction of sp³-hybridized carbons (Fsp3) is 0.611. The van der Waals surface area contributed by atoms with Crippen molar-refractivity contribution in [3.05, 3.63) is 29.8 Å². The monoisotopic (exact) mass is 316 g/mol. The lowest BCUT2D eigenvalue weighted by Gasteiger charge is -2.34. The van der Waals surface area contributed by atoms with Crippen LogP contribution in [0, 0.1) is 0 Å². The predicted molar refractivity (Wildman–Crippen MR) is 94.4 cm³/mol. The maximum absolute atomic E-state index is 12.4. The van der Waals surface area contributed by atoms with Crippen molar-refractivity contribution in [1.82, 2.24) is 14.7 Å². The van der Waals surface area contributed by atoms with E-state index in [1.807, 2.05) is 12.1 Å². The number of anilines is 1. The van der Waals surface area contributed by atoms with Gasteiger partial charge in [-0.05, 0) is 38.4 Å². The summed E-state index contributed by atoms with van der Waals surface area (Å²) in [7, 11) is 4.30. The number of benzene rings is 1. The minimum absolute atomic E-state index is 0.236. The highest BCUT2D eigenvalue weighted by molar-refractivity contribution is 5.97. The molecule has 0 saturated carbocycles. The van der Waals surface area contributed by atoms with E-state index in [-0.39, 0.29) is 5.78 Å². The zero-order chi connectivity index (χ0) is 16.2. The molecule has 2 saturated heterocycles. The van der Waals surface area contributed by atoms with Gasteiger partial charge in [-0.2, -0.15) is 0 Å². The molecule has 2 aliphatic heterocycles. The lowest BCUT2D eigenvalue weighted by atomic mass is 10.1. The Morgan fingerprint density at radius 3 is 1.91 bits per heavy atom. The van der Waals surface area contributed by atoms with Crippen molar-refractivity contribution in [1.29, 1.82) is 0 Å². The summed E-state index contributed by atoms with van der Waals surface area (Å²) in [6.45, 7) is 8.94. The number of piperazine rings is 2. The van der Waals surface area contributed by atoms with Gasteiger partial charge in [-0.3, -0.25) is 9.69 Å². The standard InChI is InChI=1S/C18H28N4O/c1-19-7-11-21(12-8-19)15-18(23)16-3-5-17(6-4-16)22-13-9-20(2)10-14-22/h3-6H,7-15H2,1-2H3. The summed E-state index contributed by atoms with van der Waals surface area (Å²) in [5.74, 6) is 0.236. The molecule has 126 valence electrons. The van der Waals surface area contributed by atoms with E-state index < -0.39 is 0 Å². The number of nitrogens with zero attached hydrogens (tertiary/aromatic N) is 4. The lowest BCUT2D eigenvalue weighted by molar-refractivity contribution is 0.0876. The van der Waals surface area contributed by atoms with Gasteiger partial charge in [-0.25, -0.2) is 0 Å². The highest BCUT2D eigenvalue weighted by atomic mass is 16.1. The molecule has 0 radical (unpaired) electrons. The summed E-state index contributed by atoms with van der Waals surface area (Å²) in [5.41, 5.74) is 2.07. The normalized spacial score (nSPS) is 21.6. The first kappa shape index (κ1) is 16.4. The van der Waals surface area contributed by atoms with E-state index in [2.05, 4.69) is 45.8 Å². The quantitative estimate of drug-likeness (QED) is 0.769. The molecule has 0 unspecified atom stereocenters. The topological polar surface area (TPSA) is 30.0 Å². The van der Waals surface area contributed by atoms with Gasteiger partial charge in [0.1, 0.15) is 0 Å². The van der Waals surface area contributed by atoms with Crippen molar-refractivity contribution in [2.75, 3.05) is 77.9 Å². The van der Waals surface area contributed by atoms with Crippen LogP contribution in [0.2, 0.25) is 0 Å². The molecule has 0 N–H and O–H groups in total. The van der Waals surface area contributed by atoms with Crippen molar-refractivity contribution in [2.45, 2.75) is 0 Å². The number of likely N-dealkylation sites (N-methyl/N-ethyl adjacent to an activating group) is 2. The van der Waals surface area contributed by atoms with Gasteiger partial charge in [0.25, 0.3) is 0 Å². The zero-order valence-electron chi connectivity index (χ0n) is 14.4. The fourth-order valence-corrected chi connectivity index (χ4v) is 3.22. The molecule has 0 bridgehead atoms. The third-order valence-electron chi connectivity index (χ3n) is 5.02. The predicted octanol–water partition coefficient (Wildman–Crippen LogP) is 0.869. The van der Waals surface area contributed by atoms with Crippen LogP contribution in [-0.2, 0) is 0 Å². The van der Waals surface area contributed by atoms with Gasteiger partial charge in [0, 0.05) is 63.6 Å². The average Bonchev–Trinajstić information content (AvgIpc) is 2.58. The summed E-state index contributed by atoms with van der Waals surface area (Å²) < 4.78 is 0. The van der Waals surface area contributed by atoms with Crippen molar-refractivity contribution < 1.29 is 4.79 Å². The highest BCUT2D eigenvalue weighted by Gasteiger charge is 2.18. The third kappa shape index (κ3) is 4.31. The van der Waals surface area contributed by atoms with Crippen LogP contribution in [0.25, 0.3) is 0 Å². The molecule has 5 heteroatoms. The van der Waals surface area contributed by atoms with E-state index in [1.54, 1.807) is 0 Å². The van der Waals surface area contributed by atoms with E-state index in [1.165, 1.54) is 5.69 Å². The minimum atomic E-state index is 0.236. The summed E-state index contributed by atoms with van der Waals surface area (Å²) in [5, 5.41) is 0. The van der Waals surface area contributed by atoms with Crippen LogP contribution >= 0.6 is 0 Å². The first-order chi connectivity index (χ1) is 11.1. The Bertz CT molecular complexity index is 514. The Hall–Kier alpha value is -1.43. The summed E-state index contributed by atoms with van der Waals surface area (Å²) in [4.78, 5) is 21.8. The number of ketones is 1. The van der Waals surface area contributed by atoms with Gasteiger partial charge >= 0.3 is 0 Å². The Labute approximate surface area is 139 Å². The minimum Gasteiger partial charge on any atom is -0.369 e. The van der Waals surface area contributed by atoms with E-state index in [0.29, 0.717) is 6.54 Å². The molecule has 0 spiro atoms. The molecular formula is C18H28N4O. The zero-order valence-corrected chi connectivity index (χ0v) is 14.4. The molecule has 0 aliphatic carbocycles. The van der Waals surface area contributed by atoms with Crippen LogP contribution < -0.4 is 4.90 Å². The highest BCUT2D eigenvalue weighted by Crippen LogP contribution is 2.17. The van der Waals surface area contributed by atoms with Gasteiger partial charge < -0.3 is 14.7 Å². The van der Waals surface area contributed by atoms with Gasteiger partial charge in [0.05, 0.1) is 6.54 Å². The van der Waals surface area contributed by atoms with Gasteiger partial charge in [0.15, 0.2) is 5.78 Å². The molecule has 0 aromatic heterocycles.